The molecule has 0 saturated heterocycles. The van der Waals surface area contributed by atoms with Crippen LogP contribution in [0.25, 0.3) is 11.0 Å². The molecule has 19 heavy (non-hydrogen) atoms. The highest BCUT2D eigenvalue weighted by atomic mass is 16.7. The molecular formula is C14H16O5. The van der Waals surface area contributed by atoms with Gasteiger partial charge in [-0.2, -0.15) is 0 Å². The topological polar surface area (TPSA) is 57.9 Å². The number of benzene rings is 1. The molecule has 0 atom stereocenters. The fourth-order valence-electron chi connectivity index (χ4n) is 1.79. The second kappa shape index (κ2) is 5.86. The molecule has 2 rings (SSSR count). The van der Waals surface area contributed by atoms with E-state index < -0.39 is 6.29 Å². The van der Waals surface area contributed by atoms with Gasteiger partial charge < -0.3 is 18.6 Å². The normalized spacial score (nSPS) is 11.2. The summed E-state index contributed by atoms with van der Waals surface area (Å²) in [5, 5.41) is 0.891. The summed E-state index contributed by atoms with van der Waals surface area (Å²) >= 11 is 0. The summed E-state index contributed by atoms with van der Waals surface area (Å²) in [4.78, 5) is 11.3. The van der Waals surface area contributed by atoms with E-state index in [0.29, 0.717) is 11.3 Å². The Hall–Kier alpha value is -1.85. The van der Waals surface area contributed by atoms with E-state index in [1.807, 2.05) is 19.1 Å². The maximum Gasteiger partial charge on any atom is 0.336 e. The van der Waals surface area contributed by atoms with Gasteiger partial charge >= 0.3 is 5.63 Å². The van der Waals surface area contributed by atoms with E-state index in [0.717, 1.165) is 10.9 Å². The van der Waals surface area contributed by atoms with E-state index >= 15 is 0 Å². The second-order valence-electron chi connectivity index (χ2n) is 4.12. The average molecular weight is 264 g/mol. The van der Waals surface area contributed by atoms with Crippen LogP contribution in [0.2, 0.25) is 0 Å². The number of ether oxygens (including phenoxy) is 3. The molecule has 1 aromatic carbocycles. The van der Waals surface area contributed by atoms with Gasteiger partial charge in [-0.25, -0.2) is 4.79 Å². The molecule has 0 amide bonds. The third kappa shape index (κ3) is 3.13. The molecule has 0 spiro atoms. The minimum atomic E-state index is -0.430. The summed E-state index contributed by atoms with van der Waals surface area (Å²) in [6.45, 7) is 2.13. The first-order valence-electron chi connectivity index (χ1n) is 5.87. The van der Waals surface area contributed by atoms with Crippen LogP contribution >= 0.6 is 0 Å². The highest BCUT2D eigenvalue weighted by molar-refractivity contribution is 5.81. The van der Waals surface area contributed by atoms with Gasteiger partial charge in [-0.05, 0) is 24.6 Å². The fraction of sp³-hybridized carbons (Fsp3) is 0.357. The van der Waals surface area contributed by atoms with E-state index in [2.05, 4.69) is 0 Å². The molecule has 0 aliphatic rings. The number of hydrogen-bond acceptors (Lipinski definition) is 5. The van der Waals surface area contributed by atoms with Crippen molar-refractivity contribution in [3.63, 3.8) is 0 Å². The smallest absolute Gasteiger partial charge is 0.336 e. The number of methoxy groups -OCH3 is 2. The summed E-state index contributed by atoms with van der Waals surface area (Å²) in [7, 11) is 3.08. The predicted molar refractivity (Wildman–Crippen MR) is 70.5 cm³/mol. The van der Waals surface area contributed by atoms with Crippen molar-refractivity contribution >= 4 is 11.0 Å². The van der Waals surface area contributed by atoms with Crippen molar-refractivity contribution in [2.24, 2.45) is 0 Å². The molecule has 0 unspecified atom stereocenters. The van der Waals surface area contributed by atoms with Gasteiger partial charge in [0.05, 0.1) is 0 Å². The van der Waals surface area contributed by atoms with Crippen molar-refractivity contribution in [2.45, 2.75) is 13.2 Å². The van der Waals surface area contributed by atoms with Gasteiger partial charge in [0, 0.05) is 31.7 Å². The highest BCUT2D eigenvalue weighted by Crippen LogP contribution is 2.22. The minimum Gasteiger partial charge on any atom is -0.488 e. The molecule has 0 radical (unpaired) electrons. The van der Waals surface area contributed by atoms with Gasteiger partial charge in [0.1, 0.15) is 17.9 Å². The van der Waals surface area contributed by atoms with Crippen molar-refractivity contribution < 1.29 is 18.6 Å². The zero-order valence-electron chi connectivity index (χ0n) is 11.1. The van der Waals surface area contributed by atoms with Crippen molar-refractivity contribution in [1.29, 1.82) is 0 Å². The van der Waals surface area contributed by atoms with Gasteiger partial charge in [0.15, 0.2) is 6.29 Å². The molecule has 0 aliphatic heterocycles. The largest absolute Gasteiger partial charge is 0.488 e. The first-order chi connectivity index (χ1) is 9.13. The first kappa shape index (κ1) is 13.6. The lowest BCUT2D eigenvalue weighted by molar-refractivity contribution is -0.121. The molecular weight excluding hydrogens is 248 g/mol. The Morgan fingerprint density at radius 3 is 2.63 bits per heavy atom. The van der Waals surface area contributed by atoms with Crippen molar-refractivity contribution in [2.75, 3.05) is 20.8 Å². The van der Waals surface area contributed by atoms with Crippen LogP contribution in [0.3, 0.4) is 0 Å². The number of rotatable bonds is 5. The molecule has 1 aromatic heterocycles. The van der Waals surface area contributed by atoms with Gasteiger partial charge in [0.2, 0.25) is 0 Å². The summed E-state index contributed by atoms with van der Waals surface area (Å²) < 4.78 is 20.7. The summed E-state index contributed by atoms with van der Waals surface area (Å²) in [6, 6.07) is 6.83. The Kier molecular flexibility index (Phi) is 4.19. The summed E-state index contributed by atoms with van der Waals surface area (Å²) in [6.07, 6.45) is -0.430. The Morgan fingerprint density at radius 1 is 1.21 bits per heavy atom. The number of fused-ring (bicyclic) bond motifs is 1. The fourth-order valence-corrected chi connectivity index (χ4v) is 1.79. The molecule has 5 heteroatoms. The van der Waals surface area contributed by atoms with Crippen LogP contribution in [0.5, 0.6) is 5.75 Å². The summed E-state index contributed by atoms with van der Waals surface area (Å²) in [5.74, 6) is 0.598. The maximum atomic E-state index is 11.3. The maximum absolute atomic E-state index is 11.3. The Bertz CT molecular complexity index is 613. The molecule has 102 valence electrons. The van der Waals surface area contributed by atoms with E-state index in [4.69, 9.17) is 18.6 Å². The summed E-state index contributed by atoms with van der Waals surface area (Å²) in [5.41, 5.74) is 1.02. The van der Waals surface area contributed by atoms with Gasteiger partial charge in [-0.15, -0.1) is 0 Å². The standard InChI is InChI=1S/C14H16O5/c1-9-6-13(15)19-12-7-10(4-5-11(9)12)18-8-14(16-2)17-3/h4-7,14H,8H2,1-3H3. The Morgan fingerprint density at radius 2 is 1.95 bits per heavy atom. The molecule has 5 nitrogen and oxygen atoms in total. The van der Waals surface area contributed by atoms with Crippen LogP contribution < -0.4 is 10.4 Å². The van der Waals surface area contributed by atoms with Crippen molar-refractivity contribution in [3.8, 4) is 5.75 Å². The monoisotopic (exact) mass is 264 g/mol. The average Bonchev–Trinajstić information content (AvgIpc) is 2.39. The van der Waals surface area contributed by atoms with Crippen LogP contribution in [0.1, 0.15) is 5.56 Å². The predicted octanol–water partition coefficient (Wildman–Crippen LogP) is 2.10. The first-order valence-corrected chi connectivity index (χ1v) is 5.87. The number of aryl methyl sites for hydroxylation is 1. The molecule has 2 aromatic rings. The van der Waals surface area contributed by atoms with Crippen LogP contribution in [-0.2, 0) is 9.47 Å². The lowest BCUT2D eigenvalue weighted by Crippen LogP contribution is -2.21. The SMILES string of the molecule is COC(COc1ccc2c(C)cc(=O)oc2c1)OC. The molecule has 0 fully saturated rings. The van der Waals surface area contributed by atoms with Crippen LogP contribution in [0, 0.1) is 6.92 Å². The van der Waals surface area contributed by atoms with Gasteiger partial charge in [-0.3, -0.25) is 0 Å². The molecule has 0 aliphatic carbocycles. The van der Waals surface area contributed by atoms with Crippen LogP contribution in [0.15, 0.2) is 33.5 Å². The number of hydrogen-bond donors (Lipinski definition) is 0. The molecule has 1 heterocycles. The van der Waals surface area contributed by atoms with Crippen LogP contribution in [0.4, 0.5) is 0 Å². The van der Waals surface area contributed by atoms with Gasteiger partial charge in [-0.1, -0.05) is 0 Å². The lowest BCUT2D eigenvalue weighted by atomic mass is 10.1. The molecule has 0 bridgehead atoms. The zero-order valence-corrected chi connectivity index (χ0v) is 11.1. The van der Waals surface area contributed by atoms with Crippen molar-refractivity contribution in [3.05, 3.63) is 40.2 Å². The molecule has 0 saturated carbocycles. The quantitative estimate of drug-likeness (QED) is 0.611. The lowest BCUT2D eigenvalue weighted by Gasteiger charge is -2.14. The van der Waals surface area contributed by atoms with Gasteiger partial charge in [0.25, 0.3) is 0 Å². The van der Waals surface area contributed by atoms with E-state index in [1.54, 1.807) is 20.3 Å². The Balaban J connectivity index is 2.24. The molecule has 0 N–H and O–H groups in total. The second-order valence-corrected chi connectivity index (χ2v) is 4.12. The van der Waals surface area contributed by atoms with Crippen LogP contribution in [-0.4, -0.2) is 27.1 Å². The van der Waals surface area contributed by atoms with E-state index in [-0.39, 0.29) is 12.2 Å². The highest BCUT2D eigenvalue weighted by Gasteiger charge is 2.08. The third-order valence-electron chi connectivity index (χ3n) is 2.83. The van der Waals surface area contributed by atoms with E-state index in [9.17, 15) is 4.79 Å². The van der Waals surface area contributed by atoms with E-state index in [1.165, 1.54) is 6.07 Å². The Labute approximate surface area is 110 Å². The third-order valence-corrected chi connectivity index (χ3v) is 2.83. The zero-order chi connectivity index (χ0) is 13.8. The minimum absolute atomic E-state index is 0.258. The van der Waals surface area contributed by atoms with Crippen molar-refractivity contribution in [1.82, 2.24) is 0 Å².